The van der Waals surface area contributed by atoms with Gasteiger partial charge in [0.15, 0.2) is 5.82 Å². The molecule has 2 heterocycles. The standard InChI is InChI=1S/C8H6N4O2S/c13-8(14)10-6-2-1-5(11-12-6)7-9-3-4-15-7/h1-4H,(H,10,12)(H,13,14). The van der Waals surface area contributed by atoms with Crippen LogP contribution < -0.4 is 5.32 Å². The minimum absolute atomic E-state index is 0.197. The third-order valence-electron chi connectivity index (χ3n) is 1.55. The first-order chi connectivity index (χ1) is 7.25. The molecule has 0 aliphatic rings. The van der Waals surface area contributed by atoms with Crippen molar-refractivity contribution in [3.05, 3.63) is 23.7 Å². The van der Waals surface area contributed by atoms with E-state index in [9.17, 15) is 4.79 Å². The van der Waals surface area contributed by atoms with Crippen molar-refractivity contribution in [3.63, 3.8) is 0 Å². The largest absolute Gasteiger partial charge is 0.465 e. The van der Waals surface area contributed by atoms with Crippen LogP contribution in [0.4, 0.5) is 10.6 Å². The first-order valence-corrected chi connectivity index (χ1v) is 4.87. The number of thiazole rings is 1. The molecule has 76 valence electrons. The molecule has 7 heteroatoms. The maximum atomic E-state index is 10.3. The molecule has 0 aromatic carbocycles. The number of rotatable bonds is 2. The van der Waals surface area contributed by atoms with E-state index in [-0.39, 0.29) is 5.82 Å². The number of amides is 1. The average Bonchev–Trinajstić information content (AvgIpc) is 2.71. The van der Waals surface area contributed by atoms with Gasteiger partial charge in [0, 0.05) is 11.6 Å². The van der Waals surface area contributed by atoms with E-state index in [0.29, 0.717) is 5.69 Å². The summed E-state index contributed by atoms with van der Waals surface area (Å²) in [6.45, 7) is 0. The summed E-state index contributed by atoms with van der Waals surface area (Å²) >= 11 is 1.45. The third kappa shape index (κ3) is 2.26. The second kappa shape index (κ2) is 4.01. The van der Waals surface area contributed by atoms with Crippen LogP contribution in [-0.2, 0) is 0 Å². The van der Waals surface area contributed by atoms with Crippen LogP contribution in [-0.4, -0.2) is 26.4 Å². The van der Waals surface area contributed by atoms with Crippen molar-refractivity contribution in [3.8, 4) is 10.7 Å². The van der Waals surface area contributed by atoms with Crippen LogP contribution in [0, 0.1) is 0 Å². The Morgan fingerprint density at radius 1 is 1.40 bits per heavy atom. The van der Waals surface area contributed by atoms with Gasteiger partial charge in [-0.15, -0.1) is 21.5 Å². The molecule has 0 aliphatic heterocycles. The summed E-state index contributed by atoms with van der Waals surface area (Å²) in [5, 5.41) is 20.7. The Hall–Kier alpha value is -2.02. The molecule has 0 spiro atoms. The van der Waals surface area contributed by atoms with Crippen molar-refractivity contribution in [2.24, 2.45) is 0 Å². The summed E-state index contributed by atoms with van der Waals surface area (Å²) in [5.74, 6) is 0.197. The Labute approximate surface area is 88.6 Å². The van der Waals surface area contributed by atoms with Gasteiger partial charge in [-0.3, -0.25) is 5.32 Å². The summed E-state index contributed by atoms with van der Waals surface area (Å²) in [6, 6.07) is 3.20. The molecule has 0 aliphatic carbocycles. The molecule has 2 aromatic heterocycles. The fraction of sp³-hybridized carbons (Fsp3) is 0. The van der Waals surface area contributed by atoms with Crippen LogP contribution in [0.2, 0.25) is 0 Å². The van der Waals surface area contributed by atoms with Crippen LogP contribution in [0.25, 0.3) is 10.7 Å². The lowest BCUT2D eigenvalue weighted by Gasteiger charge is -1.98. The summed E-state index contributed by atoms with van der Waals surface area (Å²) < 4.78 is 0. The lowest BCUT2D eigenvalue weighted by molar-refractivity contribution is 0.209. The van der Waals surface area contributed by atoms with Crippen molar-refractivity contribution >= 4 is 23.2 Å². The van der Waals surface area contributed by atoms with Gasteiger partial charge in [0.25, 0.3) is 0 Å². The van der Waals surface area contributed by atoms with Gasteiger partial charge < -0.3 is 5.11 Å². The van der Waals surface area contributed by atoms with E-state index in [4.69, 9.17) is 5.11 Å². The van der Waals surface area contributed by atoms with Gasteiger partial charge in [0.05, 0.1) is 0 Å². The molecule has 0 atom stereocenters. The predicted octanol–water partition coefficient (Wildman–Crippen LogP) is 1.69. The van der Waals surface area contributed by atoms with Crippen molar-refractivity contribution in [2.75, 3.05) is 5.32 Å². The molecule has 0 saturated carbocycles. The van der Waals surface area contributed by atoms with E-state index in [1.807, 2.05) is 5.38 Å². The maximum absolute atomic E-state index is 10.3. The van der Waals surface area contributed by atoms with Crippen molar-refractivity contribution in [2.45, 2.75) is 0 Å². The molecule has 1 amide bonds. The van der Waals surface area contributed by atoms with E-state index < -0.39 is 6.09 Å². The Morgan fingerprint density at radius 2 is 2.27 bits per heavy atom. The summed E-state index contributed by atoms with van der Waals surface area (Å²) in [7, 11) is 0. The van der Waals surface area contributed by atoms with Crippen molar-refractivity contribution in [1.29, 1.82) is 0 Å². The van der Waals surface area contributed by atoms with Gasteiger partial charge in [-0.05, 0) is 12.1 Å². The van der Waals surface area contributed by atoms with Crippen LogP contribution in [0.3, 0.4) is 0 Å². The topological polar surface area (TPSA) is 88.0 Å². The van der Waals surface area contributed by atoms with E-state index in [0.717, 1.165) is 5.01 Å². The van der Waals surface area contributed by atoms with Gasteiger partial charge in [-0.1, -0.05) is 0 Å². The van der Waals surface area contributed by atoms with E-state index >= 15 is 0 Å². The monoisotopic (exact) mass is 222 g/mol. The van der Waals surface area contributed by atoms with Crippen LogP contribution in [0.15, 0.2) is 23.7 Å². The average molecular weight is 222 g/mol. The number of nitrogens with zero attached hydrogens (tertiary/aromatic N) is 3. The zero-order valence-corrected chi connectivity index (χ0v) is 8.23. The van der Waals surface area contributed by atoms with Gasteiger partial charge in [-0.2, -0.15) is 0 Å². The first kappa shape index (κ1) is 9.53. The Bertz CT molecular complexity index is 454. The zero-order chi connectivity index (χ0) is 10.7. The smallest absolute Gasteiger partial charge is 0.410 e. The minimum atomic E-state index is -1.16. The molecule has 0 unspecified atom stereocenters. The Balaban J connectivity index is 2.21. The second-order valence-electron chi connectivity index (χ2n) is 2.57. The normalized spacial score (nSPS) is 9.87. The fourth-order valence-electron chi connectivity index (χ4n) is 0.973. The number of hydrogen-bond acceptors (Lipinski definition) is 5. The van der Waals surface area contributed by atoms with Crippen molar-refractivity contribution in [1.82, 2.24) is 15.2 Å². The summed E-state index contributed by atoms with van der Waals surface area (Å²) in [6.07, 6.45) is 0.511. The summed E-state index contributed by atoms with van der Waals surface area (Å²) in [5.41, 5.74) is 0.626. The van der Waals surface area contributed by atoms with Crippen LogP contribution in [0.5, 0.6) is 0 Å². The highest BCUT2D eigenvalue weighted by Gasteiger charge is 2.04. The molecule has 0 fully saturated rings. The molecule has 6 nitrogen and oxygen atoms in total. The molecule has 0 bridgehead atoms. The van der Waals surface area contributed by atoms with E-state index in [2.05, 4.69) is 20.5 Å². The lowest BCUT2D eigenvalue weighted by atomic mass is 10.4. The molecule has 15 heavy (non-hydrogen) atoms. The molecule has 0 saturated heterocycles. The Morgan fingerprint density at radius 3 is 2.80 bits per heavy atom. The Kier molecular flexibility index (Phi) is 2.55. The number of carbonyl (C=O) groups is 1. The first-order valence-electron chi connectivity index (χ1n) is 3.99. The molecule has 2 aromatic rings. The van der Waals surface area contributed by atoms with E-state index in [1.54, 1.807) is 12.3 Å². The second-order valence-corrected chi connectivity index (χ2v) is 3.47. The number of anilines is 1. The van der Waals surface area contributed by atoms with Gasteiger partial charge in [0.2, 0.25) is 0 Å². The highest BCUT2D eigenvalue weighted by Crippen LogP contribution is 2.18. The van der Waals surface area contributed by atoms with Gasteiger partial charge >= 0.3 is 6.09 Å². The SMILES string of the molecule is O=C(O)Nc1ccc(-c2nccs2)nn1. The van der Waals surface area contributed by atoms with E-state index in [1.165, 1.54) is 17.4 Å². The zero-order valence-electron chi connectivity index (χ0n) is 7.41. The highest BCUT2D eigenvalue weighted by atomic mass is 32.1. The number of carboxylic acid groups (broad SMARTS) is 1. The third-order valence-corrected chi connectivity index (χ3v) is 2.35. The molecular formula is C8H6N4O2S. The van der Waals surface area contributed by atoms with Crippen LogP contribution in [0.1, 0.15) is 0 Å². The predicted molar refractivity (Wildman–Crippen MR) is 54.8 cm³/mol. The summed E-state index contributed by atoms with van der Waals surface area (Å²) in [4.78, 5) is 14.3. The number of nitrogens with one attached hydrogen (secondary N) is 1. The van der Waals surface area contributed by atoms with Gasteiger partial charge in [0.1, 0.15) is 10.7 Å². The maximum Gasteiger partial charge on any atom is 0.410 e. The minimum Gasteiger partial charge on any atom is -0.465 e. The molecule has 0 radical (unpaired) electrons. The van der Waals surface area contributed by atoms with Crippen LogP contribution >= 0.6 is 11.3 Å². The lowest BCUT2D eigenvalue weighted by Crippen LogP contribution is -2.09. The highest BCUT2D eigenvalue weighted by molar-refractivity contribution is 7.13. The molecule has 2 rings (SSSR count). The fourth-order valence-corrected chi connectivity index (χ4v) is 1.57. The number of aromatic nitrogens is 3. The molecule has 2 N–H and O–H groups in total. The molecular weight excluding hydrogens is 216 g/mol. The number of hydrogen-bond donors (Lipinski definition) is 2. The van der Waals surface area contributed by atoms with Gasteiger partial charge in [-0.25, -0.2) is 9.78 Å². The quantitative estimate of drug-likeness (QED) is 0.807. The van der Waals surface area contributed by atoms with Crippen molar-refractivity contribution < 1.29 is 9.90 Å².